The largest absolute Gasteiger partial charge is 0.303 e. The van der Waals surface area contributed by atoms with E-state index >= 15 is 0 Å². The first-order valence-corrected chi connectivity index (χ1v) is 12.2. The van der Waals surface area contributed by atoms with Crippen LogP contribution in [0.3, 0.4) is 0 Å². The standard InChI is InChI=1S/C24H50N2/c1-5-9-17-25(18-10-6-2)21-23-15-13-14-16-24(23)22-26(19-11-7-3)20-12-8-4/h23-24H,5-22H2,1-4H3/t23-,24-/m0/s1. The van der Waals surface area contributed by atoms with E-state index in [1.165, 1.54) is 116 Å². The lowest BCUT2D eigenvalue weighted by Gasteiger charge is -2.38. The van der Waals surface area contributed by atoms with Crippen molar-refractivity contribution in [2.24, 2.45) is 11.8 Å². The van der Waals surface area contributed by atoms with Gasteiger partial charge in [0.1, 0.15) is 0 Å². The molecule has 0 aromatic carbocycles. The average Bonchev–Trinajstić information content (AvgIpc) is 2.67. The molecule has 0 saturated heterocycles. The third-order valence-electron chi connectivity index (χ3n) is 6.36. The Bertz CT molecular complexity index is 259. The van der Waals surface area contributed by atoms with E-state index in [1.54, 1.807) is 0 Å². The highest BCUT2D eigenvalue weighted by molar-refractivity contribution is 4.81. The van der Waals surface area contributed by atoms with Crippen LogP contribution >= 0.6 is 0 Å². The van der Waals surface area contributed by atoms with Gasteiger partial charge >= 0.3 is 0 Å². The van der Waals surface area contributed by atoms with Crippen LogP contribution in [0.25, 0.3) is 0 Å². The van der Waals surface area contributed by atoms with Crippen LogP contribution in [0, 0.1) is 11.8 Å². The monoisotopic (exact) mass is 366 g/mol. The van der Waals surface area contributed by atoms with Crippen molar-refractivity contribution in [3.63, 3.8) is 0 Å². The van der Waals surface area contributed by atoms with E-state index in [0.29, 0.717) is 0 Å². The second-order valence-electron chi connectivity index (χ2n) is 8.82. The maximum absolute atomic E-state index is 2.82. The van der Waals surface area contributed by atoms with Gasteiger partial charge in [-0.1, -0.05) is 66.2 Å². The summed E-state index contributed by atoms with van der Waals surface area (Å²) in [6.45, 7) is 17.4. The molecule has 1 fully saturated rings. The third kappa shape index (κ3) is 10.3. The Kier molecular flexibility index (Phi) is 14.7. The van der Waals surface area contributed by atoms with Crippen molar-refractivity contribution in [1.82, 2.24) is 9.80 Å². The molecule has 0 bridgehead atoms. The maximum atomic E-state index is 2.82. The number of unbranched alkanes of at least 4 members (excludes halogenated alkanes) is 4. The molecule has 0 unspecified atom stereocenters. The van der Waals surface area contributed by atoms with Gasteiger partial charge in [-0.05, 0) is 76.5 Å². The summed E-state index contributed by atoms with van der Waals surface area (Å²) in [5.74, 6) is 1.89. The summed E-state index contributed by atoms with van der Waals surface area (Å²) in [6.07, 6.45) is 16.7. The first-order chi connectivity index (χ1) is 12.7. The van der Waals surface area contributed by atoms with Crippen molar-refractivity contribution in [3.8, 4) is 0 Å². The first-order valence-electron chi connectivity index (χ1n) is 12.2. The van der Waals surface area contributed by atoms with Gasteiger partial charge in [0.2, 0.25) is 0 Å². The number of hydrogen-bond acceptors (Lipinski definition) is 2. The van der Waals surface area contributed by atoms with Gasteiger partial charge in [0, 0.05) is 13.1 Å². The topological polar surface area (TPSA) is 6.48 Å². The highest BCUT2D eigenvalue weighted by atomic mass is 15.1. The molecule has 1 saturated carbocycles. The van der Waals surface area contributed by atoms with Crippen LogP contribution in [0.4, 0.5) is 0 Å². The minimum atomic E-state index is 0.947. The fourth-order valence-electron chi connectivity index (χ4n) is 4.54. The van der Waals surface area contributed by atoms with Crippen molar-refractivity contribution in [3.05, 3.63) is 0 Å². The molecule has 0 spiro atoms. The predicted molar refractivity (Wildman–Crippen MR) is 118 cm³/mol. The van der Waals surface area contributed by atoms with Gasteiger partial charge in [-0.15, -0.1) is 0 Å². The molecule has 0 aliphatic heterocycles. The van der Waals surface area contributed by atoms with Crippen molar-refractivity contribution in [2.45, 2.75) is 105 Å². The quantitative estimate of drug-likeness (QED) is 0.304. The Morgan fingerprint density at radius 3 is 1.12 bits per heavy atom. The van der Waals surface area contributed by atoms with Gasteiger partial charge in [0.25, 0.3) is 0 Å². The molecule has 156 valence electrons. The highest BCUT2D eigenvalue weighted by Crippen LogP contribution is 2.32. The first kappa shape index (κ1) is 24.0. The number of hydrogen-bond donors (Lipinski definition) is 0. The van der Waals surface area contributed by atoms with Crippen molar-refractivity contribution >= 4 is 0 Å². The molecule has 2 atom stereocenters. The minimum Gasteiger partial charge on any atom is -0.303 e. The summed E-state index contributed by atoms with van der Waals surface area (Å²) in [6, 6.07) is 0. The van der Waals surface area contributed by atoms with E-state index in [1.807, 2.05) is 0 Å². The Hall–Kier alpha value is -0.0800. The fourth-order valence-corrected chi connectivity index (χ4v) is 4.54. The summed E-state index contributed by atoms with van der Waals surface area (Å²) >= 11 is 0. The minimum absolute atomic E-state index is 0.947. The lowest BCUT2D eigenvalue weighted by Crippen LogP contribution is -2.41. The molecule has 0 heterocycles. The van der Waals surface area contributed by atoms with Crippen LogP contribution < -0.4 is 0 Å². The summed E-state index contributed by atoms with van der Waals surface area (Å²) < 4.78 is 0. The SMILES string of the molecule is CCCCN(CCCC)C[C@@H]1CCCC[C@H]1CN(CCCC)CCCC. The van der Waals surface area contributed by atoms with E-state index in [9.17, 15) is 0 Å². The Morgan fingerprint density at radius 2 is 0.846 bits per heavy atom. The zero-order valence-electron chi connectivity index (χ0n) is 18.8. The van der Waals surface area contributed by atoms with Crippen molar-refractivity contribution in [1.29, 1.82) is 0 Å². The van der Waals surface area contributed by atoms with Crippen molar-refractivity contribution < 1.29 is 0 Å². The molecule has 0 radical (unpaired) electrons. The van der Waals surface area contributed by atoms with Crippen LogP contribution in [0.2, 0.25) is 0 Å². The smallest absolute Gasteiger partial charge is 0.00128 e. The average molecular weight is 367 g/mol. The highest BCUT2D eigenvalue weighted by Gasteiger charge is 2.28. The van der Waals surface area contributed by atoms with Crippen molar-refractivity contribution in [2.75, 3.05) is 39.3 Å². The molecule has 1 aliphatic carbocycles. The van der Waals surface area contributed by atoms with E-state index in [2.05, 4.69) is 37.5 Å². The molecule has 1 rings (SSSR count). The maximum Gasteiger partial charge on any atom is 0.00128 e. The number of rotatable bonds is 16. The zero-order valence-corrected chi connectivity index (χ0v) is 18.8. The molecule has 2 nitrogen and oxygen atoms in total. The van der Waals surface area contributed by atoms with Gasteiger partial charge in [-0.25, -0.2) is 0 Å². The van der Waals surface area contributed by atoms with Gasteiger partial charge < -0.3 is 9.80 Å². The molecule has 1 aliphatic rings. The molecule has 0 aromatic rings. The second kappa shape index (κ2) is 15.9. The van der Waals surface area contributed by atoms with Crippen LogP contribution in [-0.2, 0) is 0 Å². The molecular formula is C24H50N2. The molecule has 0 aromatic heterocycles. The molecular weight excluding hydrogens is 316 g/mol. The van der Waals surface area contributed by atoms with E-state index in [4.69, 9.17) is 0 Å². The summed E-state index contributed by atoms with van der Waals surface area (Å²) in [7, 11) is 0. The summed E-state index contributed by atoms with van der Waals surface area (Å²) in [5.41, 5.74) is 0. The Balaban J connectivity index is 2.60. The zero-order chi connectivity index (χ0) is 19.0. The number of nitrogens with zero attached hydrogens (tertiary/aromatic N) is 2. The lowest BCUT2D eigenvalue weighted by molar-refractivity contribution is 0.109. The van der Waals surface area contributed by atoms with E-state index in [0.717, 1.165) is 11.8 Å². The Labute approximate surface area is 166 Å². The van der Waals surface area contributed by atoms with Crippen LogP contribution in [0.15, 0.2) is 0 Å². The molecule has 0 N–H and O–H groups in total. The molecule has 2 heteroatoms. The lowest BCUT2D eigenvalue weighted by atomic mass is 9.78. The second-order valence-corrected chi connectivity index (χ2v) is 8.82. The van der Waals surface area contributed by atoms with Crippen LogP contribution in [0.1, 0.15) is 105 Å². The summed E-state index contributed by atoms with van der Waals surface area (Å²) in [5, 5.41) is 0. The molecule has 26 heavy (non-hydrogen) atoms. The van der Waals surface area contributed by atoms with Gasteiger partial charge in [0.15, 0.2) is 0 Å². The van der Waals surface area contributed by atoms with Crippen LogP contribution in [0.5, 0.6) is 0 Å². The van der Waals surface area contributed by atoms with E-state index < -0.39 is 0 Å². The summed E-state index contributed by atoms with van der Waals surface area (Å²) in [4.78, 5) is 5.64. The fraction of sp³-hybridized carbons (Fsp3) is 1.00. The normalized spacial score (nSPS) is 21.0. The third-order valence-corrected chi connectivity index (χ3v) is 6.36. The van der Waals surface area contributed by atoms with Gasteiger partial charge in [-0.2, -0.15) is 0 Å². The van der Waals surface area contributed by atoms with E-state index in [-0.39, 0.29) is 0 Å². The molecule has 0 amide bonds. The Morgan fingerprint density at radius 1 is 0.538 bits per heavy atom. The van der Waals surface area contributed by atoms with Crippen LogP contribution in [-0.4, -0.2) is 49.1 Å². The van der Waals surface area contributed by atoms with Gasteiger partial charge in [-0.3, -0.25) is 0 Å². The van der Waals surface area contributed by atoms with Gasteiger partial charge in [0.05, 0.1) is 0 Å². The predicted octanol–water partition coefficient (Wildman–Crippen LogP) is 6.60.